The van der Waals surface area contributed by atoms with Gasteiger partial charge in [-0.2, -0.15) is 5.10 Å². The number of halogens is 1. The first-order valence-corrected chi connectivity index (χ1v) is 12.6. The summed E-state index contributed by atoms with van der Waals surface area (Å²) in [5, 5.41) is 14.6. The fraction of sp³-hybridized carbons (Fsp3) is 0.345. The van der Waals surface area contributed by atoms with Crippen molar-refractivity contribution < 1.29 is 4.74 Å². The van der Waals surface area contributed by atoms with Crippen LogP contribution in [0.1, 0.15) is 63.9 Å². The van der Waals surface area contributed by atoms with Gasteiger partial charge in [0.25, 0.3) is 5.70 Å². The SMILES string of the molecule is [C-]#[N+]/C(C#N)=C/c1cn(-c2ccc(Cl)cc2)nc1-c1ccc(OCCCCCCCCCC)cc1. The third-order valence-corrected chi connectivity index (χ3v) is 6.01. The van der Waals surface area contributed by atoms with Gasteiger partial charge in [-0.15, -0.1) is 0 Å². The molecular formula is C29H31ClN4O. The molecule has 0 N–H and O–H groups in total. The number of ether oxygens (including phenoxy) is 1. The van der Waals surface area contributed by atoms with Gasteiger partial charge in [-0.05, 0) is 61.0 Å². The lowest BCUT2D eigenvalue weighted by Gasteiger charge is -2.07. The highest BCUT2D eigenvalue weighted by molar-refractivity contribution is 6.30. The van der Waals surface area contributed by atoms with Gasteiger partial charge in [-0.3, -0.25) is 0 Å². The molecule has 0 aliphatic heterocycles. The highest BCUT2D eigenvalue weighted by atomic mass is 35.5. The van der Waals surface area contributed by atoms with Crippen LogP contribution in [0, 0.1) is 17.9 Å². The van der Waals surface area contributed by atoms with Gasteiger partial charge in [-0.1, -0.05) is 63.5 Å². The zero-order valence-electron chi connectivity index (χ0n) is 20.2. The van der Waals surface area contributed by atoms with E-state index in [1.165, 1.54) is 44.9 Å². The molecule has 2 aromatic carbocycles. The number of aromatic nitrogens is 2. The third-order valence-electron chi connectivity index (χ3n) is 5.76. The summed E-state index contributed by atoms with van der Waals surface area (Å²) in [6.45, 7) is 10.2. The highest BCUT2D eigenvalue weighted by Gasteiger charge is 2.12. The standard InChI is InChI=1S/C29H31ClN4O/c1-3-4-5-6-7-8-9-10-19-35-28-17-11-23(12-18-28)29-24(20-26(21-31)32-2)22-34(33-29)27-15-13-25(30)14-16-27/h11-18,20,22H,3-10,19H2,1H3/b26-20+. The van der Waals surface area contributed by atoms with E-state index in [-0.39, 0.29) is 5.70 Å². The lowest BCUT2D eigenvalue weighted by Crippen LogP contribution is -1.97. The maximum Gasteiger partial charge on any atom is 0.262 e. The molecule has 0 radical (unpaired) electrons. The van der Waals surface area contributed by atoms with Crippen LogP contribution in [-0.2, 0) is 0 Å². The summed E-state index contributed by atoms with van der Waals surface area (Å²) in [6, 6.07) is 17.1. The molecule has 1 heterocycles. The molecule has 0 spiro atoms. The second-order valence-electron chi connectivity index (χ2n) is 8.45. The smallest absolute Gasteiger partial charge is 0.262 e. The topological polar surface area (TPSA) is 55.2 Å². The fourth-order valence-corrected chi connectivity index (χ4v) is 3.94. The van der Waals surface area contributed by atoms with E-state index in [1.807, 2.05) is 48.7 Å². The summed E-state index contributed by atoms with van der Waals surface area (Å²) >= 11 is 6.02. The van der Waals surface area contributed by atoms with E-state index < -0.39 is 0 Å². The largest absolute Gasteiger partial charge is 0.494 e. The Morgan fingerprint density at radius 2 is 1.69 bits per heavy atom. The first kappa shape index (κ1) is 26.1. The van der Waals surface area contributed by atoms with Crippen molar-refractivity contribution in [3.05, 3.63) is 82.4 Å². The lowest BCUT2D eigenvalue weighted by molar-refractivity contribution is 0.304. The minimum absolute atomic E-state index is 0.00669. The lowest BCUT2D eigenvalue weighted by atomic mass is 10.1. The molecule has 0 aliphatic rings. The van der Waals surface area contributed by atoms with E-state index >= 15 is 0 Å². The van der Waals surface area contributed by atoms with Crippen LogP contribution in [0.2, 0.25) is 5.02 Å². The number of nitriles is 1. The molecule has 0 fully saturated rings. The van der Waals surface area contributed by atoms with Crippen molar-refractivity contribution in [1.29, 1.82) is 5.26 Å². The highest BCUT2D eigenvalue weighted by Crippen LogP contribution is 2.28. The Kier molecular flexibility index (Phi) is 10.4. The van der Waals surface area contributed by atoms with E-state index in [9.17, 15) is 5.26 Å². The number of hydrogen-bond acceptors (Lipinski definition) is 3. The predicted molar refractivity (Wildman–Crippen MR) is 142 cm³/mol. The van der Waals surface area contributed by atoms with Crippen LogP contribution in [-0.4, -0.2) is 16.4 Å². The molecule has 0 amide bonds. The molecule has 1 aromatic heterocycles. The molecule has 0 saturated carbocycles. The summed E-state index contributed by atoms with van der Waals surface area (Å²) in [5.74, 6) is 0.824. The molecule has 0 saturated heterocycles. The van der Waals surface area contributed by atoms with E-state index in [0.717, 1.165) is 23.4 Å². The molecular weight excluding hydrogens is 456 g/mol. The number of nitrogens with zero attached hydrogens (tertiary/aromatic N) is 4. The van der Waals surface area contributed by atoms with Crippen LogP contribution in [0.5, 0.6) is 5.75 Å². The number of hydrogen-bond donors (Lipinski definition) is 0. The van der Waals surface area contributed by atoms with Crippen LogP contribution >= 0.6 is 11.6 Å². The number of unbranched alkanes of at least 4 members (excludes halogenated alkanes) is 7. The average Bonchev–Trinajstić information content (AvgIpc) is 3.30. The zero-order chi connectivity index (χ0) is 24.9. The van der Waals surface area contributed by atoms with E-state index in [4.69, 9.17) is 28.0 Å². The van der Waals surface area contributed by atoms with Crippen molar-refractivity contribution >= 4 is 17.7 Å². The summed E-state index contributed by atoms with van der Waals surface area (Å²) in [5.41, 5.74) is 3.10. The van der Waals surface area contributed by atoms with Crippen molar-refractivity contribution in [1.82, 2.24) is 9.78 Å². The molecule has 0 bridgehead atoms. The second-order valence-corrected chi connectivity index (χ2v) is 8.89. The second kappa shape index (κ2) is 14.0. The predicted octanol–water partition coefficient (Wildman–Crippen LogP) is 8.50. The van der Waals surface area contributed by atoms with E-state index in [1.54, 1.807) is 22.9 Å². The molecule has 3 rings (SSSR count). The Hall–Kier alpha value is -3.54. The molecule has 0 atom stereocenters. The van der Waals surface area contributed by atoms with E-state index in [0.29, 0.717) is 22.9 Å². The van der Waals surface area contributed by atoms with Crippen LogP contribution < -0.4 is 4.74 Å². The van der Waals surface area contributed by atoms with Crippen molar-refractivity contribution in [3.63, 3.8) is 0 Å². The monoisotopic (exact) mass is 486 g/mol. The van der Waals surface area contributed by atoms with Gasteiger partial charge >= 0.3 is 0 Å². The van der Waals surface area contributed by atoms with Gasteiger partial charge in [0, 0.05) is 22.3 Å². The Bertz CT molecular complexity index is 1170. The summed E-state index contributed by atoms with van der Waals surface area (Å²) in [4.78, 5) is 3.29. The minimum Gasteiger partial charge on any atom is -0.494 e. The Balaban J connectivity index is 1.66. The Morgan fingerprint density at radius 3 is 2.31 bits per heavy atom. The molecule has 0 aliphatic carbocycles. The van der Waals surface area contributed by atoms with Crippen molar-refractivity contribution in [2.45, 2.75) is 58.3 Å². The van der Waals surface area contributed by atoms with Gasteiger partial charge in [-0.25, -0.2) is 14.8 Å². The van der Waals surface area contributed by atoms with Crippen LogP contribution in [0.4, 0.5) is 0 Å². The van der Waals surface area contributed by atoms with Crippen LogP contribution in [0.3, 0.4) is 0 Å². The van der Waals surface area contributed by atoms with Gasteiger partial charge in [0.2, 0.25) is 0 Å². The molecule has 35 heavy (non-hydrogen) atoms. The molecule has 5 nitrogen and oxygen atoms in total. The van der Waals surface area contributed by atoms with Gasteiger partial charge in [0.05, 0.1) is 30.6 Å². The van der Waals surface area contributed by atoms with Crippen molar-refractivity contribution in [2.75, 3.05) is 6.61 Å². The summed E-state index contributed by atoms with van der Waals surface area (Å²) in [7, 11) is 0. The number of allylic oxidation sites excluding steroid dienone is 1. The minimum atomic E-state index is 0.00669. The molecule has 3 aromatic rings. The molecule has 6 heteroatoms. The van der Waals surface area contributed by atoms with Crippen LogP contribution in [0.15, 0.2) is 60.4 Å². The molecule has 0 unspecified atom stereocenters. The zero-order valence-corrected chi connectivity index (χ0v) is 21.0. The maximum absolute atomic E-state index is 9.23. The fourth-order valence-electron chi connectivity index (χ4n) is 3.82. The quantitative estimate of drug-likeness (QED) is 0.138. The molecule has 180 valence electrons. The van der Waals surface area contributed by atoms with Gasteiger partial charge in [0.15, 0.2) is 0 Å². The Morgan fingerprint density at radius 1 is 1.03 bits per heavy atom. The first-order valence-electron chi connectivity index (χ1n) is 12.2. The first-order chi connectivity index (χ1) is 17.1. The van der Waals surface area contributed by atoms with Crippen LogP contribution in [0.25, 0.3) is 27.9 Å². The van der Waals surface area contributed by atoms with Crippen molar-refractivity contribution in [2.24, 2.45) is 0 Å². The Labute approximate surface area is 213 Å². The number of rotatable bonds is 13. The van der Waals surface area contributed by atoms with Crippen molar-refractivity contribution in [3.8, 4) is 28.8 Å². The summed E-state index contributed by atoms with van der Waals surface area (Å²) in [6.07, 6.45) is 13.5. The third kappa shape index (κ3) is 8.02. The summed E-state index contributed by atoms with van der Waals surface area (Å²) < 4.78 is 7.65. The number of benzene rings is 2. The average molecular weight is 487 g/mol. The normalized spacial score (nSPS) is 11.1. The van der Waals surface area contributed by atoms with Gasteiger partial charge < -0.3 is 4.74 Å². The van der Waals surface area contributed by atoms with E-state index in [2.05, 4.69) is 11.8 Å². The maximum atomic E-state index is 9.23. The van der Waals surface area contributed by atoms with Gasteiger partial charge in [0.1, 0.15) is 5.75 Å².